The van der Waals surface area contributed by atoms with E-state index in [9.17, 15) is 13.2 Å². The summed E-state index contributed by atoms with van der Waals surface area (Å²) in [7, 11) is -1.68. The lowest BCUT2D eigenvalue weighted by molar-refractivity contribution is -0.135. The third kappa shape index (κ3) is 3.75. The van der Waals surface area contributed by atoms with Crippen LogP contribution in [0.25, 0.3) is 0 Å². The molecule has 1 heterocycles. The average Bonchev–Trinajstić information content (AvgIpc) is 2.53. The number of carbonyl (C=O) groups is 1. The van der Waals surface area contributed by atoms with E-state index in [2.05, 4.69) is 0 Å². The number of amides is 1. The lowest BCUT2D eigenvalue weighted by Crippen LogP contribution is -2.43. The number of hydrogen-bond donors (Lipinski definition) is 0. The first kappa shape index (κ1) is 17.9. The van der Waals surface area contributed by atoms with Crippen LogP contribution >= 0.6 is 0 Å². The normalized spacial score (nSPS) is 17.2. The summed E-state index contributed by atoms with van der Waals surface area (Å²) in [5.74, 6) is 0.0570. The summed E-state index contributed by atoms with van der Waals surface area (Å²) in [6.45, 7) is 7.21. The van der Waals surface area contributed by atoms with Crippen molar-refractivity contribution in [2.75, 3.05) is 26.7 Å². The molecular weight excluding hydrogens is 312 g/mol. The van der Waals surface area contributed by atoms with Crippen LogP contribution in [0.4, 0.5) is 0 Å². The molecule has 0 aromatic heterocycles. The Morgan fingerprint density at radius 2 is 1.87 bits per heavy atom. The summed E-state index contributed by atoms with van der Waals surface area (Å²) in [5.41, 5.74) is 1.82. The van der Waals surface area contributed by atoms with Gasteiger partial charge in [-0.3, -0.25) is 4.79 Å². The Labute approximate surface area is 139 Å². The summed E-state index contributed by atoms with van der Waals surface area (Å²) in [5, 5.41) is 0. The minimum absolute atomic E-state index is 0.0643. The fourth-order valence-electron chi connectivity index (χ4n) is 3.04. The van der Waals surface area contributed by atoms with Gasteiger partial charge in [-0.05, 0) is 45.2 Å². The van der Waals surface area contributed by atoms with Crippen molar-refractivity contribution < 1.29 is 13.2 Å². The Morgan fingerprint density at radius 3 is 2.39 bits per heavy atom. The Kier molecular flexibility index (Phi) is 5.47. The van der Waals surface area contributed by atoms with Gasteiger partial charge >= 0.3 is 0 Å². The lowest BCUT2D eigenvalue weighted by Gasteiger charge is -2.32. The first-order valence-electron chi connectivity index (χ1n) is 8.09. The second-order valence-corrected chi connectivity index (χ2v) is 8.21. The SMILES string of the molecule is CCN(C)C(=O)C1CCN(S(=O)(=O)c2ccc(C)cc2C)CC1. The third-order valence-electron chi connectivity index (χ3n) is 4.60. The summed E-state index contributed by atoms with van der Waals surface area (Å²) in [6, 6.07) is 5.40. The van der Waals surface area contributed by atoms with E-state index in [-0.39, 0.29) is 11.8 Å². The van der Waals surface area contributed by atoms with Gasteiger partial charge in [-0.15, -0.1) is 0 Å². The maximum atomic E-state index is 12.8. The van der Waals surface area contributed by atoms with Gasteiger partial charge in [0.15, 0.2) is 0 Å². The number of piperidine rings is 1. The molecule has 1 saturated heterocycles. The van der Waals surface area contributed by atoms with E-state index in [0.29, 0.717) is 37.4 Å². The molecule has 128 valence electrons. The van der Waals surface area contributed by atoms with Crippen molar-refractivity contribution in [3.05, 3.63) is 29.3 Å². The molecule has 0 saturated carbocycles. The monoisotopic (exact) mass is 338 g/mol. The molecule has 0 atom stereocenters. The van der Waals surface area contributed by atoms with Gasteiger partial charge in [-0.2, -0.15) is 4.31 Å². The van der Waals surface area contributed by atoms with Gasteiger partial charge in [0, 0.05) is 32.6 Å². The van der Waals surface area contributed by atoms with Gasteiger partial charge < -0.3 is 4.90 Å². The maximum Gasteiger partial charge on any atom is 0.243 e. The first-order valence-corrected chi connectivity index (χ1v) is 9.53. The second kappa shape index (κ2) is 7.01. The van der Waals surface area contributed by atoms with Crippen molar-refractivity contribution in [2.45, 2.75) is 38.5 Å². The van der Waals surface area contributed by atoms with Gasteiger partial charge in [-0.1, -0.05) is 17.7 Å². The lowest BCUT2D eigenvalue weighted by atomic mass is 9.97. The first-order chi connectivity index (χ1) is 10.8. The molecule has 0 unspecified atom stereocenters. The van der Waals surface area contributed by atoms with Crippen molar-refractivity contribution in [1.82, 2.24) is 9.21 Å². The van der Waals surface area contributed by atoms with E-state index in [1.807, 2.05) is 32.9 Å². The van der Waals surface area contributed by atoms with E-state index in [1.54, 1.807) is 18.0 Å². The van der Waals surface area contributed by atoms with Crippen LogP contribution in [0.15, 0.2) is 23.1 Å². The Hall–Kier alpha value is -1.40. The molecule has 1 fully saturated rings. The molecule has 1 amide bonds. The van der Waals surface area contributed by atoms with Crippen molar-refractivity contribution >= 4 is 15.9 Å². The Balaban J connectivity index is 2.11. The molecule has 5 nitrogen and oxygen atoms in total. The molecule has 6 heteroatoms. The quantitative estimate of drug-likeness (QED) is 0.845. The highest BCUT2D eigenvalue weighted by atomic mass is 32.2. The molecule has 1 aliphatic rings. The maximum absolute atomic E-state index is 12.8. The van der Waals surface area contributed by atoms with Crippen molar-refractivity contribution in [3.63, 3.8) is 0 Å². The predicted octanol–water partition coefficient (Wildman–Crippen LogP) is 2.18. The molecule has 0 radical (unpaired) electrons. The van der Waals surface area contributed by atoms with Crippen LogP contribution in [0.5, 0.6) is 0 Å². The van der Waals surface area contributed by atoms with Crippen LogP contribution in [-0.2, 0) is 14.8 Å². The topological polar surface area (TPSA) is 57.7 Å². The van der Waals surface area contributed by atoms with E-state index < -0.39 is 10.0 Å². The van der Waals surface area contributed by atoms with Crippen LogP contribution < -0.4 is 0 Å². The van der Waals surface area contributed by atoms with E-state index in [0.717, 1.165) is 11.1 Å². The highest BCUT2D eigenvalue weighted by molar-refractivity contribution is 7.89. The highest BCUT2D eigenvalue weighted by Crippen LogP contribution is 2.26. The van der Waals surface area contributed by atoms with Crippen molar-refractivity contribution in [3.8, 4) is 0 Å². The zero-order valence-electron chi connectivity index (χ0n) is 14.4. The number of benzene rings is 1. The predicted molar refractivity (Wildman–Crippen MR) is 90.7 cm³/mol. The van der Waals surface area contributed by atoms with Gasteiger partial charge in [-0.25, -0.2) is 8.42 Å². The second-order valence-electron chi connectivity index (χ2n) is 6.30. The summed E-state index contributed by atoms with van der Waals surface area (Å²) < 4.78 is 27.1. The zero-order chi connectivity index (χ0) is 17.2. The van der Waals surface area contributed by atoms with Crippen molar-refractivity contribution in [2.24, 2.45) is 5.92 Å². The molecule has 1 aromatic rings. The fourth-order valence-corrected chi connectivity index (χ4v) is 4.71. The van der Waals surface area contributed by atoms with Crippen molar-refractivity contribution in [1.29, 1.82) is 0 Å². The summed E-state index contributed by atoms with van der Waals surface area (Å²) in [6.07, 6.45) is 1.18. The third-order valence-corrected chi connectivity index (χ3v) is 6.66. The Morgan fingerprint density at radius 1 is 1.26 bits per heavy atom. The highest BCUT2D eigenvalue weighted by Gasteiger charge is 2.33. The molecule has 23 heavy (non-hydrogen) atoms. The summed E-state index contributed by atoms with van der Waals surface area (Å²) in [4.78, 5) is 14.3. The molecule has 0 bridgehead atoms. The molecule has 1 aromatic carbocycles. The van der Waals surface area contributed by atoms with E-state index in [4.69, 9.17) is 0 Å². The van der Waals surface area contributed by atoms with Gasteiger partial charge in [0.2, 0.25) is 15.9 Å². The molecule has 1 aliphatic heterocycles. The number of rotatable bonds is 4. The van der Waals surface area contributed by atoms with Crippen LogP contribution in [0.3, 0.4) is 0 Å². The number of hydrogen-bond acceptors (Lipinski definition) is 3. The Bertz CT molecular complexity index is 677. The molecule has 0 spiro atoms. The number of sulfonamides is 1. The zero-order valence-corrected chi connectivity index (χ0v) is 15.2. The van der Waals surface area contributed by atoms with Crippen LogP contribution in [-0.4, -0.2) is 50.2 Å². The smallest absolute Gasteiger partial charge is 0.243 e. The molecule has 0 N–H and O–H groups in total. The minimum atomic E-state index is -3.48. The fraction of sp³-hybridized carbons (Fsp3) is 0.588. The largest absolute Gasteiger partial charge is 0.346 e. The number of carbonyl (C=O) groups excluding carboxylic acids is 1. The minimum Gasteiger partial charge on any atom is -0.346 e. The van der Waals surface area contributed by atoms with Crippen LogP contribution in [0, 0.1) is 19.8 Å². The number of nitrogens with zero attached hydrogens (tertiary/aromatic N) is 2. The number of aryl methyl sites for hydroxylation is 2. The van der Waals surface area contributed by atoms with Crippen LogP contribution in [0.2, 0.25) is 0 Å². The van der Waals surface area contributed by atoms with Gasteiger partial charge in [0.1, 0.15) is 0 Å². The van der Waals surface area contributed by atoms with E-state index >= 15 is 0 Å². The van der Waals surface area contributed by atoms with Gasteiger partial charge in [0.05, 0.1) is 4.90 Å². The molecule has 0 aliphatic carbocycles. The molecular formula is C17H26N2O3S. The van der Waals surface area contributed by atoms with E-state index in [1.165, 1.54) is 4.31 Å². The van der Waals surface area contributed by atoms with Gasteiger partial charge in [0.25, 0.3) is 0 Å². The van der Waals surface area contributed by atoms with Crippen LogP contribution in [0.1, 0.15) is 30.9 Å². The average molecular weight is 338 g/mol. The standard InChI is InChI=1S/C17H26N2O3S/c1-5-18(4)17(20)15-8-10-19(11-9-15)23(21,22)16-7-6-13(2)12-14(16)3/h6-7,12,15H,5,8-11H2,1-4H3. The molecule has 2 rings (SSSR count). The summed E-state index contributed by atoms with van der Waals surface area (Å²) >= 11 is 0.